The number of para-hydroxylation sites is 1. The highest BCUT2D eigenvalue weighted by atomic mass is 79.9. The number of benzene rings is 2. The highest BCUT2D eigenvalue weighted by Crippen LogP contribution is 2.30. The minimum atomic E-state index is 0.391. The summed E-state index contributed by atoms with van der Waals surface area (Å²) < 4.78 is 11.7. The van der Waals surface area contributed by atoms with Gasteiger partial charge in [0, 0.05) is 11.8 Å². The third-order valence-electron chi connectivity index (χ3n) is 2.85. The van der Waals surface area contributed by atoms with Crippen LogP contribution in [0, 0.1) is 0 Å². The van der Waals surface area contributed by atoms with Gasteiger partial charge in [-0.3, -0.25) is 0 Å². The van der Waals surface area contributed by atoms with E-state index in [0.29, 0.717) is 22.8 Å². The van der Waals surface area contributed by atoms with Crippen molar-refractivity contribution in [1.82, 2.24) is 4.98 Å². The van der Waals surface area contributed by atoms with E-state index in [9.17, 15) is 0 Å². The Labute approximate surface area is 123 Å². The number of nitrogens with zero attached hydrogens (tertiary/aromatic N) is 1. The van der Waals surface area contributed by atoms with Crippen LogP contribution in [0.15, 0.2) is 45.3 Å². The predicted molar refractivity (Wildman–Crippen MR) is 82.4 cm³/mol. The Morgan fingerprint density at radius 3 is 2.90 bits per heavy atom. The van der Waals surface area contributed by atoms with Crippen LogP contribution < -0.4 is 15.8 Å². The quantitative estimate of drug-likeness (QED) is 0.710. The largest absolute Gasteiger partial charge is 0.495 e. The Kier molecular flexibility index (Phi) is 3.23. The first-order valence-corrected chi connectivity index (χ1v) is 6.72. The molecule has 1 heterocycles. The van der Waals surface area contributed by atoms with Gasteiger partial charge in [-0.15, -0.1) is 0 Å². The molecule has 0 spiro atoms. The topological polar surface area (TPSA) is 73.3 Å². The average molecular weight is 334 g/mol. The lowest BCUT2D eigenvalue weighted by Crippen LogP contribution is -1.92. The normalized spacial score (nSPS) is 10.7. The fourth-order valence-corrected chi connectivity index (χ4v) is 2.29. The molecule has 0 bridgehead atoms. The Morgan fingerprint density at radius 2 is 2.15 bits per heavy atom. The van der Waals surface area contributed by atoms with Crippen molar-refractivity contribution in [2.75, 3.05) is 18.2 Å². The number of ether oxygens (including phenoxy) is 1. The molecule has 0 aliphatic rings. The van der Waals surface area contributed by atoms with Crippen molar-refractivity contribution in [2.24, 2.45) is 0 Å². The summed E-state index contributed by atoms with van der Waals surface area (Å²) in [7, 11) is 1.62. The summed E-state index contributed by atoms with van der Waals surface area (Å²) >= 11 is 3.41. The number of hydrogen-bond donors (Lipinski definition) is 2. The Hall–Kier alpha value is -2.21. The third kappa shape index (κ3) is 2.30. The summed E-state index contributed by atoms with van der Waals surface area (Å²) in [6, 6.07) is 11.5. The standard InChI is InChI=1S/C14H12BrN3O2/c1-19-12-7-8(5-6-9(12)15)17-14-18-13-10(16)3-2-4-11(13)20-14/h2-7H,16H2,1H3,(H,17,18). The van der Waals surface area contributed by atoms with Gasteiger partial charge >= 0.3 is 0 Å². The summed E-state index contributed by atoms with van der Waals surface area (Å²) in [6.07, 6.45) is 0. The molecule has 0 atom stereocenters. The summed E-state index contributed by atoms with van der Waals surface area (Å²) in [4.78, 5) is 4.33. The van der Waals surface area contributed by atoms with Crippen LogP contribution >= 0.6 is 15.9 Å². The lowest BCUT2D eigenvalue weighted by atomic mass is 10.3. The molecule has 2 aromatic carbocycles. The molecule has 6 heteroatoms. The smallest absolute Gasteiger partial charge is 0.300 e. The summed E-state index contributed by atoms with van der Waals surface area (Å²) in [5.41, 5.74) is 8.56. The Morgan fingerprint density at radius 1 is 1.30 bits per heavy atom. The highest BCUT2D eigenvalue weighted by Gasteiger charge is 2.09. The molecule has 0 radical (unpaired) electrons. The number of hydrogen-bond acceptors (Lipinski definition) is 5. The molecule has 0 aliphatic carbocycles. The predicted octanol–water partition coefficient (Wildman–Crippen LogP) is 3.92. The van der Waals surface area contributed by atoms with Gasteiger partial charge in [0.1, 0.15) is 11.3 Å². The molecular weight excluding hydrogens is 322 g/mol. The number of oxazole rings is 1. The SMILES string of the molecule is COc1cc(Nc2nc3c(N)cccc3o2)ccc1Br. The van der Waals surface area contributed by atoms with Crippen LogP contribution in [0.2, 0.25) is 0 Å². The maximum atomic E-state index is 5.85. The van der Waals surface area contributed by atoms with Crippen molar-refractivity contribution in [3.63, 3.8) is 0 Å². The molecule has 5 nitrogen and oxygen atoms in total. The first-order chi connectivity index (χ1) is 9.67. The van der Waals surface area contributed by atoms with Crippen LogP contribution in [0.3, 0.4) is 0 Å². The van der Waals surface area contributed by atoms with Crippen molar-refractivity contribution in [3.05, 3.63) is 40.9 Å². The molecular formula is C14H12BrN3O2. The first-order valence-electron chi connectivity index (χ1n) is 5.93. The zero-order valence-corrected chi connectivity index (χ0v) is 12.3. The number of anilines is 3. The van der Waals surface area contributed by atoms with Crippen LogP contribution in [0.5, 0.6) is 5.75 Å². The van der Waals surface area contributed by atoms with Gasteiger partial charge in [-0.05, 0) is 40.2 Å². The minimum Gasteiger partial charge on any atom is -0.495 e. The van der Waals surface area contributed by atoms with Gasteiger partial charge in [0.25, 0.3) is 6.01 Å². The van der Waals surface area contributed by atoms with Crippen molar-refractivity contribution in [2.45, 2.75) is 0 Å². The van der Waals surface area contributed by atoms with Gasteiger partial charge in [0.15, 0.2) is 5.58 Å². The minimum absolute atomic E-state index is 0.391. The molecule has 3 rings (SSSR count). The van der Waals surface area contributed by atoms with E-state index in [2.05, 4.69) is 26.2 Å². The van der Waals surface area contributed by atoms with E-state index < -0.39 is 0 Å². The monoisotopic (exact) mass is 333 g/mol. The third-order valence-corrected chi connectivity index (χ3v) is 3.51. The number of fused-ring (bicyclic) bond motifs is 1. The number of methoxy groups -OCH3 is 1. The molecule has 0 amide bonds. The summed E-state index contributed by atoms with van der Waals surface area (Å²) in [5.74, 6) is 0.727. The number of nitrogens with two attached hydrogens (primary N) is 1. The van der Waals surface area contributed by atoms with E-state index in [1.807, 2.05) is 30.3 Å². The molecule has 0 saturated heterocycles. The molecule has 1 aromatic heterocycles. The van der Waals surface area contributed by atoms with E-state index in [4.69, 9.17) is 14.9 Å². The van der Waals surface area contributed by atoms with Crippen LogP contribution in [-0.4, -0.2) is 12.1 Å². The summed E-state index contributed by atoms with van der Waals surface area (Å²) in [5, 5.41) is 3.09. The molecule has 0 fully saturated rings. The Bertz CT molecular complexity index is 770. The average Bonchev–Trinajstić information content (AvgIpc) is 2.85. The van der Waals surface area contributed by atoms with Gasteiger partial charge in [-0.25, -0.2) is 0 Å². The second kappa shape index (κ2) is 5.05. The van der Waals surface area contributed by atoms with Crippen LogP contribution in [0.25, 0.3) is 11.1 Å². The molecule has 0 unspecified atom stereocenters. The van der Waals surface area contributed by atoms with Crippen molar-refractivity contribution < 1.29 is 9.15 Å². The van der Waals surface area contributed by atoms with Gasteiger partial charge in [0.05, 0.1) is 17.3 Å². The van der Waals surface area contributed by atoms with Gasteiger partial charge < -0.3 is 20.2 Å². The lowest BCUT2D eigenvalue weighted by Gasteiger charge is -2.06. The fourth-order valence-electron chi connectivity index (χ4n) is 1.88. The zero-order valence-electron chi connectivity index (χ0n) is 10.7. The Balaban J connectivity index is 1.95. The maximum absolute atomic E-state index is 5.85. The van der Waals surface area contributed by atoms with E-state index >= 15 is 0 Å². The zero-order chi connectivity index (χ0) is 14.1. The van der Waals surface area contributed by atoms with Gasteiger partial charge in [-0.1, -0.05) is 6.07 Å². The fraction of sp³-hybridized carbons (Fsp3) is 0.0714. The maximum Gasteiger partial charge on any atom is 0.300 e. The van der Waals surface area contributed by atoms with Crippen molar-refractivity contribution in [3.8, 4) is 5.75 Å². The second-order valence-corrected chi connectivity index (χ2v) is 5.04. The van der Waals surface area contributed by atoms with E-state index in [1.54, 1.807) is 13.2 Å². The van der Waals surface area contributed by atoms with Gasteiger partial charge in [-0.2, -0.15) is 4.98 Å². The second-order valence-electron chi connectivity index (χ2n) is 4.19. The van der Waals surface area contributed by atoms with E-state index in [0.717, 1.165) is 15.9 Å². The van der Waals surface area contributed by atoms with Crippen molar-refractivity contribution in [1.29, 1.82) is 0 Å². The molecule has 3 N–H and O–H groups in total. The highest BCUT2D eigenvalue weighted by molar-refractivity contribution is 9.10. The molecule has 0 aliphatic heterocycles. The van der Waals surface area contributed by atoms with Crippen molar-refractivity contribution >= 4 is 44.4 Å². The molecule has 0 saturated carbocycles. The summed E-state index contributed by atoms with van der Waals surface area (Å²) in [6.45, 7) is 0. The lowest BCUT2D eigenvalue weighted by molar-refractivity contribution is 0.412. The van der Waals surface area contributed by atoms with Crippen LogP contribution in [0.4, 0.5) is 17.4 Å². The van der Waals surface area contributed by atoms with Crippen LogP contribution in [0.1, 0.15) is 0 Å². The van der Waals surface area contributed by atoms with Gasteiger partial charge in [0.2, 0.25) is 0 Å². The van der Waals surface area contributed by atoms with Crippen LogP contribution in [-0.2, 0) is 0 Å². The van der Waals surface area contributed by atoms with E-state index in [-0.39, 0.29) is 0 Å². The number of nitrogens with one attached hydrogen (secondary N) is 1. The number of rotatable bonds is 3. The number of aromatic nitrogens is 1. The first kappa shape index (κ1) is 12.8. The number of halogens is 1. The molecule has 20 heavy (non-hydrogen) atoms. The molecule has 3 aromatic rings. The molecule has 102 valence electrons. The van der Waals surface area contributed by atoms with E-state index in [1.165, 1.54) is 0 Å². The number of nitrogen functional groups attached to an aromatic ring is 1.